The van der Waals surface area contributed by atoms with Crippen molar-refractivity contribution < 1.29 is 50.5 Å². The van der Waals surface area contributed by atoms with Crippen LogP contribution in [0.3, 0.4) is 0 Å². The molecule has 1 aliphatic heterocycles. The number of nitrogens with one attached hydrogen (secondary N) is 1. The van der Waals surface area contributed by atoms with Gasteiger partial charge < -0.3 is 24.8 Å². The number of aromatic nitrogens is 2. The topological polar surface area (TPSA) is 164 Å². The molecule has 0 saturated carbocycles. The van der Waals surface area contributed by atoms with Gasteiger partial charge in [0.15, 0.2) is 29.6 Å². The average Bonchev–Trinajstić information content (AvgIpc) is 3.11. The Kier molecular flexibility index (Phi) is 9.39. The Bertz CT molecular complexity index is 1270. The minimum absolute atomic E-state index is 0.0686. The van der Waals surface area contributed by atoms with Crippen LogP contribution in [-0.2, 0) is 23.4 Å². The molecule has 1 saturated heterocycles. The average molecular weight is 582 g/mol. The molecule has 17 heteroatoms. The van der Waals surface area contributed by atoms with E-state index < -0.39 is 80.3 Å². The molecule has 0 bridgehead atoms. The molecule has 1 aromatic heterocycles. The fraction of sp³-hybridized carbons (Fsp3) is 0.500. The molecule has 1 fully saturated rings. The summed E-state index contributed by atoms with van der Waals surface area (Å²) in [4.78, 5) is 27.5. The van der Waals surface area contributed by atoms with E-state index in [1.165, 1.54) is 31.2 Å². The van der Waals surface area contributed by atoms with Gasteiger partial charge in [0.25, 0.3) is 6.43 Å². The van der Waals surface area contributed by atoms with Crippen LogP contribution in [0.15, 0.2) is 41.3 Å². The summed E-state index contributed by atoms with van der Waals surface area (Å²) in [6.45, 7) is 2.84. The Balaban J connectivity index is 1.92. The molecule has 1 aliphatic rings. The SMILES string of the molecule is CC(C)OC(=O)[C@H](C)NP(=O)(OC[C@@]1(C(F)F)O[C@@H](n2cc(F)c(N)nc2=O)[C@H](O)[C@H]1F)Oc1ccccc1. The van der Waals surface area contributed by atoms with E-state index in [2.05, 4.69) is 10.1 Å². The summed E-state index contributed by atoms with van der Waals surface area (Å²) >= 11 is 0. The first kappa shape index (κ1) is 30.5. The number of hydrogen-bond donors (Lipinski definition) is 3. The highest BCUT2D eigenvalue weighted by molar-refractivity contribution is 7.52. The van der Waals surface area contributed by atoms with Crippen LogP contribution in [0.4, 0.5) is 23.4 Å². The van der Waals surface area contributed by atoms with Crippen molar-refractivity contribution in [2.24, 2.45) is 0 Å². The second kappa shape index (κ2) is 12.0. The van der Waals surface area contributed by atoms with Gasteiger partial charge in [-0.05, 0) is 32.9 Å². The molecule has 3 rings (SSSR count). The molecule has 6 atom stereocenters. The number of carbonyl (C=O) groups excluding carboxylic acids is 1. The number of ether oxygens (including phenoxy) is 2. The maximum absolute atomic E-state index is 15.3. The molecule has 1 aromatic carbocycles. The van der Waals surface area contributed by atoms with Gasteiger partial charge in [0.1, 0.15) is 17.9 Å². The summed E-state index contributed by atoms with van der Waals surface area (Å²) in [5.41, 5.74) is 0.552. The number of rotatable bonds is 11. The molecule has 2 heterocycles. The van der Waals surface area contributed by atoms with Crippen LogP contribution in [0.25, 0.3) is 0 Å². The number of hydrogen-bond acceptors (Lipinski definition) is 10. The number of nitrogen functional groups attached to an aromatic ring is 1. The molecule has 0 amide bonds. The number of aliphatic hydroxyl groups is 1. The standard InChI is InChI=1S/C22H27F4N4O8P/c1-11(2)36-19(32)12(3)29-39(34,38-13-7-5-4-6-8-13)35-10-22(20(25)26)16(24)15(31)18(37-22)30-9-14(23)17(27)28-21(30)33/h4-9,11-12,15-16,18,20,31H,10H2,1-3H3,(H,29,34)(H2,27,28,33)/t12-,15+,16+,18+,22+,39?/m0/s1. The number of aliphatic hydroxyl groups excluding tert-OH is 1. The van der Waals surface area contributed by atoms with Crippen LogP contribution >= 0.6 is 7.75 Å². The summed E-state index contributed by atoms with van der Waals surface area (Å²) in [5, 5.41) is 12.6. The molecule has 2 aromatic rings. The number of carbonyl (C=O) groups is 1. The number of alkyl halides is 3. The molecule has 4 N–H and O–H groups in total. The van der Waals surface area contributed by atoms with Crippen molar-refractivity contribution in [3.8, 4) is 5.75 Å². The predicted octanol–water partition coefficient (Wildman–Crippen LogP) is 2.33. The maximum atomic E-state index is 15.3. The van der Waals surface area contributed by atoms with Gasteiger partial charge in [-0.3, -0.25) is 13.9 Å². The largest absolute Gasteiger partial charge is 0.462 e. The van der Waals surface area contributed by atoms with Crippen molar-refractivity contribution in [1.29, 1.82) is 0 Å². The lowest BCUT2D eigenvalue weighted by Gasteiger charge is -2.31. The molecule has 0 spiro atoms. The second-order valence-corrected chi connectivity index (χ2v) is 10.5. The van der Waals surface area contributed by atoms with Gasteiger partial charge in [0, 0.05) is 0 Å². The molecule has 216 valence electrons. The van der Waals surface area contributed by atoms with E-state index in [4.69, 9.17) is 24.3 Å². The smallest absolute Gasteiger partial charge is 0.459 e. The lowest BCUT2D eigenvalue weighted by Crippen LogP contribution is -2.51. The number of nitrogens with zero attached hydrogens (tertiary/aromatic N) is 2. The van der Waals surface area contributed by atoms with Crippen molar-refractivity contribution in [1.82, 2.24) is 14.6 Å². The van der Waals surface area contributed by atoms with E-state index in [1.807, 2.05) is 0 Å². The molecular weight excluding hydrogens is 555 g/mol. The molecule has 0 radical (unpaired) electrons. The minimum Gasteiger partial charge on any atom is -0.462 e. The van der Waals surface area contributed by atoms with Gasteiger partial charge in [-0.1, -0.05) is 18.2 Å². The summed E-state index contributed by atoms with van der Waals surface area (Å²) < 4.78 is 92.2. The maximum Gasteiger partial charge on any atom is 0.459 e. The number of esters is 1. The summed E-state index contributed by atoms with van der Waals surface area (Å²) in [6.07, 6.45) is -11.4. The Morgan fingerprint density at radius 1 is 1.31 bits per heavy atom. The normalized spacial score (nSPS) is 25.4. The zero-order valence-electron chi connectivity index (χ0n) is 20.9. The van der Waals surface area contributed by atoms with E-state index in [1.54, 1.807) is 19.9 Å². The number of nitrogens with two attached hydrogens (primary N) is 1. The molecule has 12 nitrogen and oxygen atoms in total. The highest BCUT2D eigenvalue weighted by Crippen LogP contribution is 2.49. The fourth-order valence-corrected chi connectivity index (χ4v) is 5.05. The van der Waals surface area contributed by atoms with Gasteiger partial charge in [-0.15, -0.1) is 0 Å². The third-order valence-corrected chi connectivity index (χ3v) is 7.09. The fourth-order valence-electron chi connectivity index (χ4n) is 3.52. The Morgan fingerprint density at radius 3 is 2.54 bits per heavy atom. The van der Waals surface area contributed by atoms with Crippen LogP contribution in [0.2, 0.25) is 0 Å². The second-order valence-electron chi connectivity index (χ2n) is 8.83. The number of benzene rings is 1. The Hall–Kier alpha value is -3.04. The number of para-hydroxylation sites is 1. The lowest BCUT2D eigenvalue weighted by molar-refractivity contribution is -0.183. The summed E-state index contributed by atoms with van der Waals surface area (Å²) in [5.74, 6) is -3.04. The highest BCUT2D eigenvalue weighted by atomic mass is 31.2. The minimum atomic E-state index is -4.76. The molecule has 39 heavy (non-hydrogen) atoms. The first-order chi connectivity index (χ1) is 18.2. The van der Waals surface area contributed by atoms with Crippen molar-refractivity contribution in [2.45, 2.75) is 63.4 Å². The van der Waals surface area contributed by atoms with E-state index >= 15 is 4.39 Å². The first-order valence-corrected chi connectivity index (χ1v) is 13.0. The lowest BCUT2D eigenvalue weighted by atomic mass is 9.98. The molecule has 1 unspecified atom stereocenters. The number of halogens is 4. The van der Waals surface area contributed by atoms with Crippen molar-refractivity contribution in [3.63, 3.8) is 0 Å². The van der Waals surface area contributed by atoms with Crippen LogP contribution in [0.1, 0.15) is 27.0 Å². The quantitative estimate of drug-likeness (QED) is 0.202. The van der Waals surface area contributed by atoms with Crippen LogP contribution in [0.5, 0.6) is 5.75 Å². The van der Waals surface area contributed by atoms with Crippen molar-refractivity contribution >= 4 is 19.5 Å². The van der Waals surface area contributed by atoms with Crippen LogP contribution in [0, 0.1) is 5.82 Å². The molecule has 0 aliphatic carbocycles. The third-order valence-electron chi connectivity index (χ3n) is 5.46. The van der Waals surface area contributed by atoms with E-state index in [0.29, 0.717) is 6.20 Å². The van der Waals surface area contributed by atoms with E-state index in [-0.39, 0.29) is 10.3 Å². The zero-order chi connectivity index (χ0) is 29.1. The Labute approximate surface area is 219 Å². The van der Waals surface area contributed by atoms with E-state index in [0.717, 1.165) is 0 Å². The van der Waals surface area contributed by atoms with Crippen molar-refractivity contribution in [2.75, 3.05) is 12.3 Å². The summed E-state index contributed by atoms with van der Waals surface area (Å²) in [7, 11) is -4.76. The summed E-state index contributed by atoms with van der Waals surface area (Å²) in [6, 6.07) is 5.92. The van der Waals surface area contributed by atoms with E-state index in [9.17, 15) is 32.4 Å². The number of anilines is 1. The predicted molar refractivity (Wildman–Crippen MR) is 127 cm³/mol. The van der Waals surface area contributed by atoms with Gasteiger partial charge in [-0.2, -0.15) is 10.1 Å². The van der Waals surface area contributed by atoms with Crippen LogP contribution < -0.4 is 21.0 Å². The van der Waals surface area contributed by atoms with Crippen LogP contribution in [-0.4, -0.2) is 63.7 Å². The third kappa shape index (κ3) is 6.76. The van der Waals surface area contributed by atoms with Gasteiger partial charge in [0.05, 0.1) is 18.9 Å². The zero-order valence-corrected chi connectivity index (χ0v) is 21.8. The van der Waals surface area contributed by atoms with Crippen molar-refractivity contribution in [3.05, 3.63) is 52.8 Å². The monoisotopic (exact) mass is 582 g/mol. The van der Waals surface area contributed by atoms with Gasteiger partial charge in [-0.25, -0.2) is 26.9 Å². The first-order valence-electron chi connectivity index (χ1n) is 11.5. The van der Waals surface area contributed by atoms with Gasteiger partial charge >= 0.3 is 19.4 Å². The van der Waals surface area contributed by atoms with Gasteiger partial charge in [0.2, 0.25) is 0 Å². The highest BCUT2D eigenvalue weighted by Gasteiger charge is 2.63. The Morgan fingerprint density at radius 2 is 1.95 bits per heavy atom. The molecular formula is C22H27F4N4O8P.